The molecule has 80 valence electrons. The van der Waals surface area contributed by atoms with Crippen LogP contribution in [0.4, 0.5) is 0 Å². The molecule has 0 saturated heterocycles. The highest BCUT2D eigenvalue weighted by atomic mass is 32.2. The van der Waals surface area contributed by atoms with E-state index in [1.165, 1.54) is 0 Å². The summed E-state index contributed by atoms with van der Waals surface area (Å²) < 4.78 is 25.8. The van der Waals surface area contributed by atoms with Crippen molar-refractivity contribution in [2.45, 2.75) is 20.8 Å². The third kappa shape index (κ3) is 9.30. The van der Waals surface area contributed by atoms with Crippen molar-refractivity contribution in [1.82, 2.24) is 0 Å². The fourth-order valence-electron chi connectivity index (χ4n) is 0.490. The Labute approximate surface area is 86.3 Å². The predicted molar refractivity (Wildman–Crippen MR) is 57.2 cm³/mol. The van der Waals surface area contributed by atoms with Crippen molar-refractivity contribution in [3.63, 3.8) is 0 Å². The molecular formula is C10H16O3S. The standard InChI is InChI=1S/C10H16O3S/c1-9(6-7-10(2,3)4)8-13-14(5,11)12/h1,8H2,2-5H3. The molecule has 0 aliphatic heterocycles. The van der Waals surface area contributed by atoms with Crippen molar-refractivity contribution < 1.29 is 12.6 Å². The molecule has 0 unspecified atom stereocenters. The van der Waals surface area contributed by atoms with Crippen molar-refractivity contribution >= 4 is 10.1 Å². The first-order valence-corrected chi connectivity index (χ1v) is 5.97. The first-order valence-electron chi connectivity index (χ1n) is 4.15. The topological polar surface area (TPSA) is 43.4 Å². The molecule has 0 radical (unpaired) electrons. The van der Waals surface area contributed by atoms with Crippen LogP contribution >= 0.6 is 0 Å². The van der Waals surface area contributed by atoms with Crippen LogP contribution in [0, 0.1) is 17.3 Å². The summed E-state index contributed by atoms with van der Waals surface area (Å²) in [5, 5.41) is 0. The van der Waals surface area contributed by atoms with Crippen LogP contribution in [-0.2, 0) is 14.3 Å². The summed E-state index contributed by atoms with van der Waals surface area (Å²) in [6, 6.07) is 0. The minimum Gasteiger partial charge on any atom is -0.265 e. The van der Waals surface area contributed by atoms with E-state index in [4.69, 9.17) is 0 Å². The van der Waals surface area contributed by atoms with Crippen LogP contribution in [0.1, 0.15) is 20.8 Å². The van der Waals surface area contributed by atoms with Gasteiger partial charge < -0.3 is 0 Å². The van der Waals surface area contributed by atoms with Gasteiger partial charge in [-0.05, 0) is 20.8 Å². The van der Waals surface area contributed by atoms with Gasteiger partial charge in [0.15, 0.2) is 0 Å². The Kier molecular flexibility index (Phi) is 4.37. The van der Waals surface area contributed by atoms with E-state index < -0.39 is 10.1 Å². The van der Waals surface area contributed by atoms with Gasteiger partial charge in [-0.2, -0.15) is 8.42 Å². The molecule has 0 spiro atoms. The van der Waals surface area contributed by atoms with Crippen molar-refractivity contribution in [3.05, 3.63) is 12.2 Å². The molecule has 0 aliphatic rings. The molecule has 0 heterocycles. The Balaban J connectivity index is 4.18. The fourth-order valence-corrected chi connectivity index (χ4v) is 0.846. The summed E-state index contributed by atoms with van der Waals surface area (Å²) in [6.07, 6.45) is 0.997. The third-order valence-electron chi connectivity index (χ3n) is 1.06. The Morgan fingerprint density at radius 1 is 1.43 bits per heavy atom. The maximum atomic E-state index is 10.6. The van der Waals surface area contributed by atoms with Crippen molar-refractivity contribution in [2.75, 3.05) is 12.9 Å². The van der Waals surface area contributed by atoms with Gasteiger partial charge in [0.1, 0.15) is 0 Å². The lowest BCUT2D eigenvalue weighted by atomic mass is 9.97. The highest BCUT2D eigenvalue weighted by molar-refractivity contribution is 7.85. The van der Waals surface area contributed by atoms with E-state index in [0.717, 1.165) is 6.26 Å². The lowest BCUT2D eigenvalue weighted by Crippen LogP contribution is -2.05. The predicted octanol–water partition coefficient (Wildman–Crippen LogP) is 1.57. The zero-order valence-electron chi connectivity index (χ0n) is 9.05. The van der Waals surface area contributed by atoms with Crippen LogP contribution < -0.4 is 0 Å². The number of rotatable bonds is 3. The minimum atomic E-state index is -3.40. The van der Waals surface area contributed by atoms with Crippen LogP contribution in [-0.4, -0.2) is 21.3 Å². The number of hydrogen-bond donors (Lipinski definition) is 0. The molecule has 0 amide bonds. The van der Waals surface area contributed by atoms with Gasteiger partial charge in [-0.25, -0.2) is 0 Å². The van der Waals surface area contributed by atoms with Gasteiger partial charge in [-0.3, -0.25) is 4.18 Å². The molecule has 14 heavy (non-hydrogen) atoms. The molecule has 0 bridgehead atoms. The van der Waals surface area contributed by atoms with Crippen LogP contribution in [0.25, 0.3) is 0 Å². The SMILES string of the molecule is C=C(C#CC(C)(C)C)COS(C)(=O)=O. The summed E-state index contributed by atoms with van der Waals surface area (Å²) in [5.74, 6) is 5.69. The normalized spacial score (nSPS) is 11.7. The summed E-state index contributed by atoms with van der Waals surface area (Å²) >= 11 is 0. The Bertz CT molecular complexity index is 360. The Hall–Kier alpha value is -0.790. The van der Waals surface area contributed by atoms with E-state index in [0.29, 0.717) is 5.57 Å². The third-order valence-corrected chi connectivity index (χ3v) is 1.61. The van der Waals surface area contributed by atoms with E-state index in [1.54, 1.807) is 0 Å². The maximum Gasteiger partial charge on any atom is 0.264 e. The molecule has 4 heteroatoms. The molecule has 0 aromatic heterocycles. The summed E-state index contributed by atoms with van der Waals surface area (Å²) in [6.45, 7) is 9.42. The zero-order chi connectivity index (χ0) is 11.4. The quantitative estimate of drug-likeness (QED) is 0.531. The summed E-state index contributed by atoms with van der Waals surface area (Å²) in [5.41, 5.74) is 0.346. The van der Waals surface area contributed by atoms with Gasteiger partial charge in [0.25, 0.3) is 10.1 Å². The smallest absolute Gasteiger partial charge is 0.264 e. The molecule has 0 N–H and O–H groups in total. The highest BCUT2D eigenvalue weighted by Gasteiger charge is 2.05. The van der Waals surface area contributed by atoms with Gasteiger partial charge in [-0.15, -0.1) is 0 Å². The average molecular weight is 216 g/mol. The second-order valence-electron chi connectivity index (χ2n) is 4.07. The molecule has 0 atom stereocenters. The fraction of sp³-hybridized carbons (Fsp3) is 0.600. The van der Waals surface area contributed by atoms with Crippen LogP contribution in [0.15, 0.2) is 12.2 Å². The lowest BCUT2D eigenvalue weighted by molar-refractivity contribution is 0.356. The zero-order valence-corrected chi connectivity index (χ0v) is 9.86. The molecular weight excluding hydrogens is 200 g/mol. The van der Waals surface area contributed by atoms with Gasteiger partial charge >= 0.3 is 0 Å². The molecule has 0 rings (SSSR count). The second kappa shape index (κ2) is 4.63. The summed E-state index contributed by atoms with van der Waals surface area (Å²) in [4.78, 5) is 0. The largest absolute Gasteiger partial charge is 0.265 e. The lowest BCUT2D eigenvalue weighted by Gasteiger charge is -2.07. The molecule has 3 nitrogen and oxygen atoms in total. The first kappa shape index (κ1) is 13.2. The molecule has 0 aromatic rings. The molecule has 0 fully saturated rings. The van der Waals surface area contributed by atoms with Gasteiger partial charge in [-0.1, -0.05) is 18.4 Å². The van der Waals surface area contributed by atoms with Crippen LogP contribution in [0.2, 0.25) is 0 Å². The monoisotopic (exact) mass is 216 g/mol. The van der Waals surface area contributed by atoms with Crippen LogP contribution in [0.3, 0.4) is 0 Å². The summed E-state index contributed by atoms with van der Waals surface area (Å²) in [7, 11) is -3.40. The molecule has 0 saturated carbocycles. The van der Waals surface area contributed by atoms with E-state index in [1.807, 2.05) is 20.8 Å². The molecule has 0 aliphatic carbocycles. The number of hydrogen-bond acceptors (Lipinski definition) is 3. The van der Waals surface area contributed by atoms with Gasteiger partial charge in [0, 0.05) is 11.0 Å². The van der Waals surface area contributed by atoms with E-state index in [9.17, 15) is 8.42 Å². The van der Waals surface area contributed by atoms with Gasteiger partial charge in [0.2, 0.25) is 0 Å². The maximum absolute atomic E-state index is 10.6. The van der Waals surface area contributed by atoms with E-state index in [2.05, 4.69) is 22.6 Å². The van der Waals surface area contributed by atoms with Gasteiger partial charge in [0.05, 0.1) is 12.9 Å². The highest BCUT2D eigenvalue weighted by Crippen LogP contribution is 2.10. The minimum absolute atomic E-state index is 0.0675. The second-order valence-corrected chi connectivity index (χ2v) is 5.71. The van der Waals surface area contributed by atoms with Crippen molar-refractivity contribution in [3.8, 4) is 11.8 Å². The van der Waals surface area contributed by atoms with Crippen molar-refractivity contribution in [1.29, 1.82) is 0 Å². The van der Waals surface area contributed by atoms with E-state index >= 15 is 0 Å². The van der Waals surface area contributed by atoms with E-state index in [-0.39, 0.29) is 12.0 Å². The molecule has 0 aromatic carbocycles. The average Bonchev–Trinajstić information content (AvgIpc) is 1.94. The van der Waals surface area contributed by atoms with Crippen molar-refractivity contribution in [2.24, 2.45) is 5.41 Å². The Morgan fingerprint density at radius 2 is 1.93 bits per heavy atom. The van der Waals surface area contributed by atoms with Crippen LogP contribution in [0.5, 0.6) is 0 Å². The Morgan fingerprint density at radius 3 is 2.29 bits per heavy atom. The first-order chi connectivity index (χ1) is 6.10.